The molecule has 1 fully saturated rings. The van der Waals surface area contributed by atoms with Crippen molar-refractivity contribution in [2.45, 2.75) is 0 Å². The number of nitrogens with one attached hydrogen (secondary N) is 1. The molecule has 1 aromatic rings. The zero-order chi connectivity index (χ0) is 11.4. The average Bonchev–Trinajstić information content (AvgIpc) is 2.67. The normalized spacial score (nSPS) is 18.3. The molecule has 0 bridgehead atoms. The van der Waals surface area contributed by atoms with Gasteiger partial charge in [0.2, 0.25) is 5.91 Å². The fraction of sp³-hybridized carbons (Fsp3) is 0.100. The fourth-order valence-electron chi connectivity index (χ4n) is 1.10. The molecule has 1 heterocycles. The Labute approximate surface area is 105 Å². The van der Waals surface area contributed by atoms with Crippen molar-refractivity contribution in [1.29, 1.82) is 0 Å². The fourth-order valence-corrected chi connectivity index (χ4v) is 2.12. The van der Waals surface area contributed by atoms with E-state index in [1.807, 2.05) is 24.3 Å². The average molecular weight is 298 g/mol. The molecule has 1 amide bonds. The van der Waals surface area contributed by atoms with Crippen molar-refractivity contribution in [3.63, 3.8) is 0 Å². The third-order valence-corrected chi connectivity index (χ3v) is 3.42. The molecule has 2 rings (SSSR count). The zero-order valence-corrected chi connectivity index (χ0v) is 10.6. The summed E-state index contributed by atoms with van der Waals surface area (Å²) in [7, 11) is 0. The number of hydrogen-bond acceptors (Lipinski definition) is 4. The predicted molar refractivity (Wildman–Crippen MR) is 69.8 cm³/mol. The second kappa shape index (κ2) is 5.27. The van der Waals surface area contributed by atoms with Gasteiger partial charge in [-0.3, -0.25) is 4.79 Å². The Morgan fingerprint density at radius 1 is 1.44 bits per heavy atom. The van der Waals surface area contributed by atoms with E-state index in [0.29, 0.717) is 10.9 Å². The van der Waals surface area contributed by atoms with Gasteiger partial charge in [-0.1, -0.05) is 45.9 Å². The summed E-state index contributed by atoms with van der Waals surface area (Å²) in [4.78, 5) is 10.9. The highest BCUT2D eigenvalue weighted by Gasteiger charge is 2.15. The van der Waals surface area contributed by atoms with Crippen molar-refractivity contribution in [3.05, 3.63) is 34.3 Å². The first-order chi connectivity index (χ1) is 7.75. The minimum Gasteiger partial charge on any atom is -0.303 e. The van der Waals surface area contributed by atoms with Gasteiger partial charge in [-0.25, -0.2) is 0 Å². The molecule has 6 heteroatoms. The van der Waals surface area contributed by atoms with Gasteiger partial charge in [-0.05, 0) is 6.07 Å². The van der Waals surface area contributed by atoms with Crippen LogP contribution in [-0.4, -0.2) is 23.0 Å². The number of carbonyl (C=O) groups excluding carboxylic acids is 1. The lowest BCUT2D eigenvalue weighted by molar-refractivity contribution is -0.116. The second-order valence-corrected chi connectivity index (χ2v) is 4.83. The maximum absolute atomic E-state index is 10.9. The minimum atomic E-state index is -0.0279. The highest BCUT2D eigenvalue weighted by molar-refractivity contribution is 9.10. The van der Waals surface area contributed by atoms with Crippen LogP contribution in [0.5, 0.6) is 0 Å². The minimum absolute atomic E-state index is 0.0279. The number of hydrogen-bond donors (Lipinski definition) is 1. The molecule has 0 saturated carbocycles. The van der Waals surface area contributed by atoms with Crippen molar-refractivity contribution in [2.75, 3.05) is 5.75 Å². The van der Waals surface area contributed by atoms with Crippen LogP contribution in [-0.2, 0) is 4.79 Å². The second-order valence-electron chi connectivity index (χ2n) is 3.01. The molecule has 1 aliphatic rings. The zero-order valence-electron chi connectivity index (χ0n) is 8.18. The third kappa shape index (κ3) is 2.93. The van der Waals surface area contributed by atoms with Gasteiger partial charge in [-0.15, -0.1) is 5.10 Å². The number of nitrogens with zero attached hydrogens (tertiary/aromatic N) is 2. The predicted octanol–water partition coefficient (Wildman–Crippen LogP) is 2.00. The summed E-state index contributed by atoms with van der Waals surface area (Å²) < 4.78 is 0.960. The summed E-state index contributed by atoms with van der Waals surface area (Å²) >= 11 is 4.76. The molecule has 16 heavy (non-hydrogen) atoms. The largest absolute Gasteiger partial charge is 0.303 e. The summed E-state index contributed by atoms with van der Waals surface area (Å²) in [6.45, 7) is 0. The molecule has 0 radical (unpaired) electrons. The maximum Gasteiger partial charge on any atom is 0.236 e. The van der Waals surface area contributed by atoms with Crippen LogP contribution in [0.1, 0.15) is 5.56 Å². The van der Waals surface area contributed by atoms with Crippen LogP contribution >= 0.6 is 27.7 Å². The Morgan fingerprint density at radius 3 is 2.94 bits per heavy atom. The van der Waals surface area contributed by atoms with Gasteiger partial charge in [0.1, 0.15) is 0 Å². The monoisotopic (exact) mass is 297 g/mol. The number of rotatable bonds is 2. The van der Waals surface area contributed by atoms with Crippen LogP contribution in [0.15, 0.2) is 38.9 Å². The SMILES string of the molecule is O=C1CSC(=NN=Cc2ccccc2Br)N1. The smallest absolute Gasteiger partial charge is 0.236 e. The van der Waals surface area contributed by atoms with E-state index in [-0.39, 0.29) is 5.91 Å². The summed E-state index contributed by atoms with van der Waals surface area (Å²) in [5, 5.41) is 11.0. The van der Waals surface area contributed by atoms with E-state index in [2.05, 4.69) is 31.4 Å². The van der Waals surface area contributed by atoms with E-state index in [0.717, 1.165) is 10.0 Å². The van der Waals surface area contributed by atoms with Gasteiger partial charge in [0.25, 0.3) is 0 Å². The molecule has 0 aliphatic carbocycles. The van der Waals surface area contributed by atoms with Gasteiger partial charge < -0.3 is 5.32 Å². The van der Waals surface area contributed by atoms with Crippen molar-refractivity contribution < 1.29 is 4.79 Å². The summed E-state index contributed by atoms with van der Waals surface area (Å²) in [5.41, 5.74) is 0.946. The van der Waals surface area contributed by atoms with Gasteiger partial charge in [0, 0.05) is 10.0 Å². The van der Waals surface area contributed by atoms with Gasteiger partial charge >= 0.3 is 0 Å². The van der Waals surface area contributed by atoms with Crippen molar-refractivity contribution in [3.8, 4) is 0 Å². The molecule has 0 aromatic heterocycles. The molecule has 0 spiro atoms. The first-order valence-corrected chi connectivity index (χ1v) is 6.32. The third-order valence-electron chi connectivity index (χ3n) is 1.84. The molecule has 0 unspecified atom stereocenters. The molecule has 4 nitrogen and oxygen atoms in total. The van der Waals surface area contributed by atoms with Crippen LogP contribution in [0, 0.1) is 0 Å². The lowest BCUT2D eigenvalue weighted by Gasteiger charge is -1.94. The highest BCUT2D eigenvalue weighted by Crippen LogP contribution is 2.14. The van der Waals surface area contributed by atoms with E-state index in [9.17, 15) is 4.79 Å². The van der Waals surface area contributed by atoms with Gasteiger partial charge in [-0.2, -0.15) is 5.10 Å². The first kappa shape index (κ1) is 11.3. The topological polar surface area (TPSA) is 53.8 Å². The Hall–Kier alpha value is -1.14. The highest BCUT2D eigenvalue weighted by atomic mass is 79.9. The molecule has 1 aliphatic heterocycles. The molecule has 82 valence electrons. The molecule has 1 saturated heterocycles. The van der Waals surface area contributed by atoms with Crippen molar-refractivity contribution in [1.82, 2.24) is 5.32 Å². The quantitative estimate of drug-likeness (QED) is 0.670. The van der Waals surface area contributed by atoms with E-state index < -0.39 is 0 Å². The number of carbonyl (C=O) groups is 1. The summed E-state index contributed by atoms with van der Waals surface area (Å²) in [5.74, 6) is 0.392. The Morgan fingerprint density at radius 2 is 2.25 bits per heavy atom. The molecular formula is C10H8BrN3OS. The number of amidine groups is 1. The Balaban J connectivity index is 2.05. The molecule has 1 N–H and O–H groups in total. The number of halogens is 1. The molecule has 1 aromatic carbocycles. The van der Waals surface area contributed by atoms with E-state index in [4.69, 9.17) is 0 Å². The number of thioether (sulfide) groups is 1. The Bertz CT molecular complexity index is 473. The van der Waals surface area contributed by atoms with Crippen LogP contribution in [0.3, 0.4) is 0 Å². The summed E-state index contributed by atoms with van der Waals surface area (Å²) in [6.07, 6.45) is 1.64. The van der Waals surface area contributed by atoms with Crippen LogP contribution in [0.4, 0.5) is 0 Å². The van der Waals surface area contributed by atoms with E-state index in [1.54, 1.807) is 6.21 Å². The maximum atomic E-state index is 10.9. The molecule has 0 atom stereocenters. The van der Waals surface area contributed by atoms with Crippen LogP contribution < -0.4 is 5.32 Å². The first-order valence-electron chi connectivity index (χ1n) is 4.54. The molecular weight excluding hydrogens is 290 g/mol. The van der Waals surface area contributed by atoms with Gasteiger partial charge in [0.05, 0.1) is 12.0 Å². The van der Waals surface area contributed by atoms with Crippen molar-refractivity contribution in [2.24, 2.45) is 10.2 Å². The summed E-state index contributed by atoms with van der Waals surface area (Å²) in [6, 6.07) is 7.71. The number of benzene rings is 1. The van der Waals surface area contributed by atoms with E-state index >= 15 is 0 Å². The van der Waals surface area contributed by atoms with E-state index in [1.165, 1.54) is 11.8 Å². The van der Waals surface area contributed by atoms with Crippen LogP contribution in [0.2, 0.25) is 0 Å². The van der Waals surface area contributed by atoms with Crippen LogP contribution in [0.25, 0.3) is 0 Å². The standard InChI is InChI=1S/C10H8BrN3OS/c11-8-4-2-1-3-7(8)5-12-14-10-13-9(15)6-16-10/h1-5H,6H2,(H,13,14,15). The number of amides is 1. The Kier molecular flexibility index (Phi) is 3.74. The van der Waals surface area contributed by atoms with Crippen molar-refractivity contribution >= 4 is 45.0 Å². The lowest BCUT2D eigenvalue weighted by atomic mass is 10.2. The van der Waals surface area contributed by atoms with Gasteiger partial charge in [0.15, 0.2) is 5.17 Å². The lowest BCUT2D eigenvalue weighted by Crippen LogP contribution is -2.19.